The maximum atomic E-state index is 12.0. The van der Waals surface area contributed by atoms with Crippen molar-refractivity contribution >= 4 is 17.7 Å². The topological polar surface area (TPSA) is 169 Å². The second-order valence-electron chi connectivity index (χ2n) is 16.2. The highest BCUT2D eigenvalue weighted by molar-refractivity contribution is 6.05. The summed E-state index contributed by atoms with van der Waals surface area (Å²) >= 11 is 0. The number of hydrogen-bond donors (Lipinski definition) is 5. The molecule has 0 saturated carbocycles. The van der Waals surface area contributed by atoms with Crippen molar-refractivity contribution in [3.8, 4) is 39.9 Å². The van der Waals surface area contributed by atoms with E-state index in [9.17, 15) is 25.2 Å². The SMILES string of the molecule is CCc1cc(-c2cccc(CCc3c(OCC(CO)CCCO)c(OC)c(OCCC(O)C=Cc4ccccc4)c4c3OC(c3ccc(O)cc3)CC4=[OH+])c2)c(N2CCNCC2)[n-]1. The molecule has 63 heavy (non-hydrogen) atoms. The van der Waals surface area contributed by atoms with Crippen molar-refractivity contribution in [3.63, 3.8) is 0 Å². The summed E-state index contributed by atoms with van der Waals surface area (Å²) in [5, 5.41) is 44.4. The summed E-state index contributed by atoms with van der Waals surface area (Å²) in [4.78, 5) is 19.4. The Labute approximate surface area is 370 Å². The van der Waals surface area contributed by atoms with Crippen molar-refractivity contribution in [2.75, 3.05) is 64.6 Å². The van der Waals surface area contributed by atoms with E-state index in [4.69, 9.17) is 23.9 Å². The molecule has 12 heteroatoms. The molecule has 1 saturated heterocycles. The summed E-state index contributed by atoms with van der Waals surface area (Å²) in [6.45, 7) is 5.76. The highest BCUT2D eigenvalue weighted by Crippen LogP contribution is 2.53. The maximum Gasteiger partial charge on any atom is 0.335 e. The minimum atomic E-state index is -0.812. The molecule has 0 aliphatic carbocycles. The zero-order valence-electron chi connectivity index (χ0n) is 36.3. The Bertz CT molecular complexity index is 2290. The van der Waals surface area contributed by atoms with Crippen LogP contribution in [0.5, 0.6) is 28.7 Å². The highest BCUT2D eigenvalue weighted by atomic mass is 16.5. The number of fused-ring (bicyclic) bond motifs is 1. The number of ketones is 1. The van der Waals surface area contributed by atoms with Crippen molar-refractivity contribution in [2.45, 2.75) is 64.1 Å². The van der Waals surface area contributed by atoms with Gasteiger partial charge < -0.3 is 54.6 Å². The van der Waals surface area contributed by atoms with E-state index in [2.05, 4.69) is 47.5 Å². The van der Waals surface area contributed by atoms with Gasteiger partial charge in [0.15, 0.2) is 17.1 Å². The molecule has 5 aromatic rings. The second-order valence-corrected chi connectivity index (χ2v) is 16.2. The van der Waals surface area contributed by atoms with E-state index in [0.717, 1.165) is 71.9 Å². The van der Waals surface area contributed by atoms with E-state index in [0.29, 0.717) is 48.3 Å². The van der Waals surface area contributed by atoms with Crippen molar-refractivity contribution in [1.29, 1.82) is 0 Å². The molecule has 0 spiro atoms. The molecular weight excluding hydrogens is 799 g/mol. The summed E-state index contributed by atoms with van der Waals surface area (Å²) in [6.07, 6.45) is 5.41. The van der Waals surface area contributed by atoms with Crippen LogP contribution in [0.3, 0.4) is 0 Å². The van der Waals surface area contributed by atoms with Gasteiger partial charge in [-0.25, -0.2) is 0 Å². The molecule has 3 atom stereocenters. The van der Waals surface area contributed by atoms with Gasteiger partial charge in [-0.1, -0.05) is 103 Å². The molecule has 1 fully saturated rings. The molecule has 1 aromatic heterocycles. The number of phenolic OH excluding ortho intramolecular Hbond substituents is 1. The lowest BCUT2D eigenvalue weighted by Gasteiger charge is -2.37. The normalized spacial score (nSPS) is 16.1. The van der Waals surface area contributed by atoms with Crippen LogP contribution in [0.1, 0.15) is 72.2 Å². The highest BCUT2D eigenvalue weighted by Gasteiger charge is 2.41. The fraction of sp³-hybridized carbons (Fsp3) is 0.392. The fourth-order valence-electron chi connectivity index (χ4n) is 8.25. The van der Waals surface area contributed by atoms with Gasteiger partial charge in [-0.3, -0.25) is 4.79 Å². The minimum Gasteiger partial charge on any atom is -0.508 e. The van der Waals surface area contributed by atoms with Gasteiger partial charge in [0.05, 0.1) is 26.4 Å². The lowest BCUT2D eigenvalue weighted by atomic mass is 9.90. The van der Waals surface area contributed by atoms with Gasteiger partial charge in [-0.2, -0.15) is 0 Å². The number of aryl methyl sites for hydroxylation is 2. The summed E-state index contributed by atoms with van der Waals surface area (Å²) in [5.41, 5.74) is 7.05. The molecule has 2 aliphatic heterocycles. The van der Waals surface area contributed by atoms with Crippen molar-refractivity contribution < 1.29 is 44.2 Å². The first-order valence-corrected chi connectivity index (χ1v) is 22.2. The summed E-state index contributed by atoms with van der Waals surface area (Å²) in [6, 6.07) is 27.2. The number of benzene rings is 4. The summed E-state index contributed by atoms with van der Waals surface area (Å²) < 4.78 is 26.2. The number of piperazine rings is 1. The van der Waals surface area contributed by atoms with Crippen LogP contribution in [-0.2, 0) is 19.3 Å². The number of nitrogens with zero attached hydrogens (tertiary/aromatic N) is 2. The molecule has 0 radical (unpaired) electrons. The monoisotopic (exact) mass is 859 g/mol. The van der Waals surface area contributed by atoms with Crippen LogP contribution in [0.25, 0.3) is 17.2 Å². The van der Waals surface area contributed by atoms with Gasteiger partial charge in [-0.15, -0.1) is 0 Å². The number of phenols is 1. The van der Waals surface area contributed by atoms with E-state index in [-0.39, 0.29) is 68.2 Å². The van der Waals surface area contributed by atoms with E-state index in [1.54, 1.807) is 30.3 Å². The van der Waals surface area contributed by atoms with Gasteiger partial charge in [-0.05, 0) is 98.2 Å². The van der Waals surface area contributed by atoms with Crippen LogP contribution in [0, 0.1) is 5.92 Å². The van der Waals surface area contributed by atoms with Crippen molar-refractivity contribution in [3.05, 3.63) is 125 Å². The Balaban J connectivity index is 1.27. The number of aromatic hydroxyl groups is 1. The number of aliphatic hydroxyl groups is 3. The molecule has 334 valence electrons. The quantitative estimate of drug-likeness (QED) is 0.0493. The third-order valence-corrected chi connectivity index (χ3v) is 11.8. The third kappa shape index (κ3) is 11.2. The number of ether oxygens (including phenoxy) is 4. The summed E-state index contributed by atoms with van der Waals surface area (Å²) in [5.74, 6) is 2.12. The minimum absolute atomic E-state index is 0.00770. The van der Waals surface area contributed by atoms with Crippen LogP contribution in [-0.4, -0.2) is 96.8 Å². The summed E-state index contributed by atoms with van der Waals surface area (Å²) in [7, 11) is 1.52. The Morgan fingerprint density at radius 2 is 1.73 bits per heavy atom. The first kappa shape index (κ1) is 45.2. The van der Waals surface area contributed by atoms with E-state index >= 15 is 0 Å². The molecular formula is C51H61N3O9. The zero-order valence-corrected chi connectivity index (χ0v) is 36.3. The molecule has 3 heterocycles. The molecule has 2 aliphatic rings. The van der Waals surface area contributed by atoms with Crippen LogP contribution in [0.15, 0.2) is 91.0 Å². The smallest absolute Gasteiger partial charge is 0.335 e. The zero-order chi connectivity index (χ0) is 44.1. The molecule has 6 N–H and O–H groups in total. The maximum absolute atomic E-state index is 12.0. The number of rotatable bonds is 21. The molecule has 3 unspecified atom stereocenters. The molecule has 4 aromatic carbocycles. The second kappa shape index (κ2) is 22.0. The number of aliphatic hydroxyl groups excluding tert-OH is 3. The molecule has 12 nitrogen and oxygen atoms in total. The Morgan fingerprint density at radius 1 is 0.937 bits per heavy atom. The Hall–Kier alpha value is -5.79. The van der Waals surface area contributed by atoms with Gasteiger partial charge in [0.2, 0.25) is 5.75 Å². The Kier molecular flexibility index (Phi) is 15.8. The molecule has 0 amide bonds. The number of aromatic nitrogens is 1. The first-order chi connectivity index (χ1) is 30.8. The van der Waals surface area contributed by atoms with Gasteiger partial charge in [0.25, 0.3) is 0 Å². The van der Waals surface area contributed by atoms with E-state index < -0.39 is 12.2 Å². The predicted molar refractivity (Wildman–Crippen MR) is 246 cm³/mol. The first-order valence-electron chi connectivity index (χ1n) is 22.2. The average Bonchev–Trinajstić information content (AvgIpc) is 3.76. The van der Waals surface area contributed by atoms with Crippen molar-refractivity contribution in [2.24, 2.45) is 5.92 Å². The number of anilines is 1. The van der Waals surface area contributed by atoms with Gasteiger partial charge in [0, 0.05) is 31.1 Å². The van der Waals surface area contributed by atoms with Gasteiger partial charge >= 0.3 is 5.78 Å². The van der Waals surface area contributed by atoms with Crippen LogP contribution < -0.4 is 34.1 Å². The molecule has 7 rings (SSSR count). The van der Waals surface area contributed by atoms with Crippen LogP contribution >= 0.6 is 0 Å². The number of nitrogens with one attached hydrogen (secondary N) is 1. The average molecular weight is 860 g/mol. The number of hydrogen-bond acceptors (Lipinski definition) is 10. The van der Waals surface area contributed by atoms with Crippen LogP contribution in [0.4, 0.5) is 5.82 Å². The predicted octanol–water partition coefficient (Wildman–Crippen LogP) is 6.80. The number of carbonyl (C=O) groups excluding carboxylic acids is 1. The lowest BCUT2D eigenvalue weighted by Crippen LogP contribution is -2.44. The lowest BCUT2D eigenvalue weighted by molar-refractivity contribution is 0.141. The van der Waals surface area contributed by atoms with E-state index in [1.807, 2.05) is 36.4 Å². The standard InChI is InChI=1S/C51H60N3O9/c1-3-39-30-43(51(53-39)54-25-23-52-24-26-54)38-13-7-11-35(29-38)15-21-42-47-46(44(59)31-45(63-47)37-16-19-40(57)20-17-37)49(50(60-2)48(42)62-33-36(32-56)12-8-27-55)61-28-22-41(58)18-14-34-9-5-4-6-10-34/h4-7,9-11,13-14,16-20,29-30,36,41,45,52,55-58H,3,8,12,15,21-28,31-33H2,1-2H3/q-1/p+1. The fourth-order valence-corrected chi connectivity index (χ4v) is 8.25. The number of methoxy groups -OCH3 is 1. The Morgan fingerprint density at radius 3 is 2.46 bits per heavy atom. The van der Waals surface area contributed by atoms with Crippen molar-refractivity contribution in [1.82, 2.24) is 10.3 Å². The molecule has 0 bridgehead atoms. The largest absolute Gasteiger partial charge is 0.508 e. The van der Waals surface area contributed by atoms with Crippen LogP contribution in [0.2, 0.25) is 0 Å². The third-order valence-electron chi connectivity index (χ3n) is 11.8. The van der Waals surface area contributed by atoms with Gasteiger partial charge in [0.1, 0.15) is 24.0 Å². The van der Waals surface area contributed by atoms with E-state index in [1.165, 1.54) is 7.11 Å².